The maximum Gasteiger partial charge on any atom is 0.320 e. The number of urea groups is 1. The van der Waals surface area contributed by atoms with Crippen LogP contribution in [-0.2, 0) is 21.3 Å². The molecule has 8 heteroatoms. The smallest absolute Gasteiger partial charge is 0.320 e. The molecule has 2 amide bonds. The molecule has 0 aliphatic carbocycles. The van der Waals surface area contributed by atoms with Gasteiger partial charge in [-0.25, -0.2) is 4.79 Å². The summed E-state index contributed by atoms with van der Waals surface area (Å²) >= 11 is 0. The molecular formula is C18H26N2O5S. The minimum absolute atomic E-state index is 0.0730. The molecule has 3 rings (SSSR count). The zero-order valence-electron chi connectivity index (χ0n) is 14.8. The number of rotatable bonds is 4. The molecule has 0 unspecified atom stereocenters. The second-order valence-electron chi connectivity index (χ2n) is 6.97. The lowest BCUT2D eigenvalue weighted by atomic mass is 9.90. The number of likely N-dealkylation sites (tertiary alicyclic amines) is 1. The molecule has 0 saturated carbocycles. The first kappa shape index (κ1) is 19.1. The standard InChI is InChI=1S/C18H26N2O5S/c21-18(20-11-13-25-14-12-20)19-9-7-16(8-10-19)2-1-15-3-5-17(6-4-15)26(22,23)24/h3-6,16H,1-2,7-14H2,(H,22,23,24). The van der Waals surface area contributed by atoms with E-state index in [1.807, 2.05) is 9.80 Å². The number of ether oxygens (including phenoxy) is 1. The number of amides is 2. The second-order valence-corrected chi connectivity index (χ2v) is 8.39. The molecular weight excluding hydrogens is 356 g/mol. The first-order chi connectivity index (χ1) is 12.4. The van der Waals surface area contributed by atoms with Gasteiger partial charge in [0.05, 0.1) is 18.1 Å². The van der Waals surface area contributed by atoms with Gasteiger partial charge in [-0.05, 0) is 49.3 Å². The van der Waals surface area contributed by atoms with E-state index < -0.39 is 10.1 Å². The second kappa shape index (κ2) is 8.37. The first-order valence-electron chi connectivity index (χ1n) is 9.11. The third-order valence-corrected chi connectivity index (χ3v) is 6.10. The number of carbonyl (C=O) groups excluding carboxylic acids is 1. The molecule has 144 valence electrons. The van der Waals surface area contributed by atoms with Crippen molar-refractivity contribution in [1.29, 1.82) is 0 Å². The van der Waals surface area contributed by atoms with Crippen LogP contribution < -0.4 is 0 Å². The summed E-state index contributed by atoms with van der Waals surface area (Å²) in [7, 11) is -4.13. The van der Waals surface area contributed by atoms with Crippen molar-refractivity contribution in [3.63, 3.8) is 0 Å². The third-order valence-electron chi connectivity index (χ3n) is 5.23. The Hall–Kier alpha value is -1.64. The van der Waals surface area contributed by atoms with Crippen molar-refractivity contribution >= 4 is 16.1 Å². The molecule has 2 aliphatic rings. The van der Waals surface area contributed by atoms with E-state index in [2.05, 4.69) is 0 Å². The Morgan fingerprint density at radius 3 is 2.19 bits per heavy atom. The van der Waals surface area contributed by atoms with Crippen molar-refractivity contribution < 1.29 is 22.5 Å². The fraction of sp³-hybridized carbons (Fsp3) is 0.611. The zero-order valence-corrected chi connectivity index (χ0v) is 15.7. The topological polar surface area (TPSA) is 87.2 Å². The van der Waals surface area contributed by atoms with Crippen LogP contribution in [0, 0.1) is 5.92 Å². The Labute approximate surface area is 154 Å². The molecule has 0 aromatic heterocycles. The van der Waals surface area contributed by atoms with Crippen LogP contribution in [0.5, 0.6) is 0 Å². The van der Waals surface area contributed by atoms with Gasteiger partial charge in [0.25, 0.3) is 10.1 Å². The van der Waals surface area contributed by atoms with Gasteiger partial charge in [0.2, 0.25) is 0 Å². The van der Waals surface area contributed by atoms with E-state index >= 15 is 0 Å². The van der Waals surface area contributed by atoms with Gasteiger partial charge in [-0.3, -0.25) is 4.55 Å². The van der Waals surface area contributed by atoms with Gasteiger partial charge < -0.3 is 14.5 Å². The SMILES string of the molecule is O=C(N1CCOCC1)N1CCC(CCc2ccc(S(=O)(=O)O)cc2)CC1. The monoisotopic (exact) mass is 382 g/mol. The Balaban J connectivity index is 1.43. The van der Waals surface area contributed by atoms with Gasteiger partial charge in [0, 0.05) is 26.2 Å². The van der Waals surface area contributed by atoms with Gasteiger partial charge in [-0.15, -0.1) is 0 Å². The van der Waals surface area contributed by atoms with Crippen LogP contribution in [0.4, 0.5) is 4.79 Å². The summed E-state index contributed by atoms with van der Waals surface area (Å²) in [5.41, 5.74) is 1.06. The number of hydrogen-bond donors (Lipinski definition) is 1. The maximum atomic E-state index is 12.5. The Kier molecular flexibility index (Phi) is 6.16. The number of aryl methyl sites for hydroxylation is 1. The fourth-order valence-electron chi connectivity index (χ4n) is 3.57. The summed E-state index contributed by atoms with van der Waals surface area (Å²) < 4.78 is 36.4. The predicted octanol–water partition coefficient (Wildman–Crippen LogP) is 2.03. The molecule has 2 saturated heterocycles. The van der Waals surface area contributed by atoms with Crippen molar-refractivity contribution in [3.05, 3.63) is 29.8 Å². The van der Waals surface area contributed by atoms with Crippen LogP contribution in [0.1, 0.15) is 24.8 Å². The van der Waals surface area contributed by atoms with E-state index in [4.69, 9.17) is 9.29 Å². The summed E-state index contributed by atoms with van der Waals surface area (Å²) in [4.78, 5) is 16.2. The summed E-state index contributed by atoms with van der Waals surface area (Å²) in [6, 6.07) is 6.51. The largest absolute Gasteiger partial charge is 0.378 e. The number of morpholine rings is 1. The van der Waals surface area contributed by atoms with Gasteiger partial charge in [-0.2, -0.15) is 8.42 Å². The summed E-state index contributed by atoms with van der Waals surface area (Å²) in [5, 5.41) is 0. The zero-order chi connectivity index (χ0) is 18.6. The van der Waals surface area contributed by atoms with Crippen LogP contribution in [0.2, 0.25) is 0 Å². The molecule has 1 aromatic rings. The summed E-state index contributed by atoms with van der Waals surface area (Å²) in [5.74, 6) is 0.574. The Morgan fingerprint density at radius 1 is 1.04 bits per heavy atom. The van der Waals surface area contributed by atoms with E-state index in [0.29, 0.717) is 32.2 Å². The van der Waals surface area contributed by atoms with Crippen molar-refractivity contribution in [3.8, 4) is 0 Å². The van der Waals surface area contributed by atoms with Crippen LogP contribution in [-0.4, -0.2) is 68.2 Å². The lowest BCUT2D eigenvalue weighted by Crippen LogP contribution is -2.50. The molecule has 0 radical (unpaired) electrons. The average molecular weight is 382 g/mol. The van der Waals surface area contributed by atoms with E-state index in [0.717, 1.165) is 44.3 Å². The molecule has 0 atom stereocenters. The van der Waals surface area contributed by atoms with E-state index in [-0.39, 0.29) is 10.9 Å². The van der Waals surface area contributed by atoms with Crippen molar-refractivity contribution in [2.75, 3.05) is 39.4 Å². The van der Waals surface area contributed by atoms with Crippen molar-refractivity contribution in [2.24, 2.45) is 5.92 Å². The predicted molar refractivity (Wildman–Crippen MR) is 96.7 cm³/mol. The molecule has 0 spiro atoms. The molecule has 1 aromatic carbocycles. The van der Waals surface area contributed by atoms with E-state index in [1.165, 1.54) is 12.1 Å². The highest BCUT2D eigenvalue weighted by Crippen LogP contribution is 2.24. The van der Waals surface area contributed by atoms with Crippen molar-refractivity contribution in [2.45, 2.75) is 30.6 Å². The molecule has 2 aliphatic heterocycles. The fourth-order valence-corrected chi connectivity index (χ4v) is 4.05. The lowest BCUT2D eigenvalue weighted by Gasteiger charge is -2.37. The highest BCUT2D eigenvalue weighted by atomic mass is 32.2. The number of benzene rings is 1. The molecule has 0 bridgehead atoms. The van der Waals surface area contributed by atoms with Gasteiger partial charge in [0.15, 0.2) is 0 Å². The molecule has 2 fully saturated rings. The average Bonchev–Trinajstić information content (AvgIpc) is 2.66. The minimum Gasteiger partial charge on any atom is -0.378 e. The van der Waals surface area contributed by atoms with E-state index in [1.54, 1.807) is 12.1 Å². The third kappa shape index (κ3) is 4.96. The Bertz CT molecular complexity index is 706. The number of hydrogen-bond acceptors (Lipinski definition) is 4. The maximum absolute atomic E-state index is 12.5. The van der Waals surface area contributed by atoms with Crippen LogP contribution in [0.15, 0.2) is 29.2 Å². The first-order valence-corrected chi connectivity index (χ1v) is 10.6. The minimum atomic E-state index is -4.13. The number of nitrogens with zero attached hydrogens (tertiary/aromatic N) is 2. The normalized spacial score (nSPS) is 19.6. The quantitative estimate of drug-likeness (QED) is 0.805. The van der Waals surface area contributed by atoms with Crippen LogP contribution in [0.3, 0.4) is 0 Å². The molecule has 26 heavy (non-hydrogen) atoms. The summed E-state index contributed by atoms with van der Waals surface area (Å²) in [6.07, 6.45) is 3.89. The highest BCUT2D eigenvalue weighted by Gasteiger charge is 2.27. The molecule has 2 heterocycles. The van der Waals surface area contributed by atoms with Crippen molar-refractivity contribution in [1.82, 2.24) is 9.80 Å². The molecule has 1 N–H and O–H groups in total. The molecule has 7 nitrogen and oxygen atoms in total. The van der Waals surface area contributed by atoms with Crippen LogP contribution in [0.25, 0.3) is 0 Å². The van der Waals surface area contributed by atoms with Crippen LogP contribution >= 0.6 is 0 Å². The summed E-state index contributed by atoms with van der Waals surface area (Å²) in [6.45, 7) is 4.19. The number of carbonyl (C=O) groups is 1. The van der Waals surface area contributed by atoms with Gasteiger partial charge in [-0.1, -0.05) is 12.1 Å². The lowest BCUT2D eigenvalue weighted by molar-refractivity contribution is 0.0399. The van der Waals surface area contributed by atoms with Gasteiger partial charge in [0.1, 0.15) is 0 Å². The highest BCUT2D eigenvalue weighted by molar-refractivity contribution is 7.85. The van der Waals surface area contributed by atoms with E-state index in [9.17, 15) is 13.2 Å². The Morgan fingerprint density at radius 2 is 1.62 bits per heavy atom. The van der Waals surface area contributed by atoms with Gasteiger partial charge >= 0.3 is 6.03 Å². The number of piperidine rings is 1.